The Labute approximate surface area is 96.1 Å². The Balaban J connectivity index is 1.82. The summed E-state index contributed by atoms with van der Waals surface area (Å²) in [7, 11) is 0. The van der Waals surface area contributed by atoms with Crippen molar-refractivity contribution in [1.82, 2.24) is 9.62 Å². The van der Waals surface area contributed by atoms with E-state index in [9.17, 15) is 0 Å². The number of halogens is 1. The molecule has 0 amide bonds. The monoisotopic (exact) mass is 258 g/mol. The van der Waals surface area contributed by atoms with Crippen molar-refractivity contribution < 1.29 is 0 Å². The number of hydrogen-bond acceptors (Lipinski definition) is 2. The predicted molar refractivity (Wildman–Crippen MR) is 65.5 cm³/mol. The molecule has 0 aliphatic carbocycles. The van der Waals surface area contributed by atoms with Gasteiger partial charge in [-0.2, -0.15) is 0 Å². The molecule has 80 valence electrons. The van der Waals surface area contributed by atoms with Crippen LogP contribution in [0.3, 0.4) is 0 Å². The smallest absolute Gasteiger partial charge is 0.318 e. The fourth-order valence-electron chi connectivity index (χ4n) is 2.49. The summed E-state index contributed by atoms with van der Waals surface area (Å²) in [5.74, 6) is 0.517. The lowest BCUT2D eigenvalue weighted by atomic mass is 9.94. The van der Waals surface area contributed by atoms with Crippen molar-refractivity contribution in [2.75, 3.05) is 26.2 Å². The van der Waals surface area contributed by atoms with Gasteiger partial charge in [0.1, 0.15) is 0 Å². The third-order valence-corrected chi connectivity index (χ3v) is 4.54. The molecule has 2 nitrogen and oxygen atoms in total. The van der Waals surface area contributed by atoms with Gasteiger partial charge in [-0.25, -0.2) is 0 Å². The topological polar surface area (TPSA) is 6.48 Å². The molecule has 0 unspecified atom stereocenters. The van der Waals surface area contributed by atoms with Crippen molar-refractivity contribution in [2.24, 2.45) is 0 Å². The molecular weight excluding hydrogens is 239 g/mol. The van der Waals surface area contributed by atoms with Gasteiger partial charge in [-0.15, -0.1) is 15.8 Å². The molecule has 0 atom stereocenters. The zero-order chi connectivity index (χ0) is 9.80. The lowest BCUT2D eigenvalue weighted by molar-refractivity contribution is 0.290. The van der Waals surface area contributed by atoms with Crippen LogP contribution in [0.2, 0.25) is 0 Å². The molecule has 0 N–H and O–H groups in total. The van der Waals surface area contributed by atoms with Gasteiger partial charge in [0, 0.05) is 0 Å². The molecule has 14 heavy (non-hydrogen) atoms. The van der Waals surface area contributed by atoms with Crippen LogP contribution in [-0.4, -0.2) is 41.6 Å². The van der Waals surface area contributed by atoms with Crippen molar-refractivity contribution in [2.45, 2.75) is 38.5 Å². The van der Waals surface area contributed by atoms with Crippen LogP contribution in [-0.2, 0) is 0 Å². The van der Waals surface area contributed by atoms with E-state index < -0.39 is 0 Å². The van der Waals surface area contributed by atoms with Gasteiger partial charge >= 0.3 is 5.81 Å². The van der Waals surface area contributed by atoms with Crippen molar-refractivity contribution in [3.8, 4) is 0 Å². The van der Waals surface area contributed by atoms with E-state index in [1.165, 1.54) is 64.7 Å². The fourth-order valence-corrected chi connectivity index (χ4v) is 3.31. The van der Waals surface area contributed by atoms with Crippen molar-refractivity contribution in [3.05, 3.63) is 0 Å². The maximum Gasteiger partial charge on any atom is 0.390 e. The number of piperidine rings is 2. The van der Waals surface area contributed by atoms with Gasteiger partial charge in [-0.1, -0.05) is 12.8 Å². The largest absolute Gasteiger partial charge is 0.390 e. The molecule has 0 aromatic rings. The summed E-state index contributed by atoms with van der Waals surface area (Å²) in [5.41, 5.74) is 0. The molecule has 0 spiro atoms. The van der Waals surface area contributed by atoms with Gasteiger partial charge in [0.05, 0.1) is 0 Å². The van der Waals surface area contributed by atoms with Crippen LogP contribution in [0.25, 0.3) is 0 Å². The van der Waals surface area contributed by atoms with Gasteiger partial charge in [-0.05, 0) is 51.9 Å². The molecule has 0 radical (unpaired) electrons. The lowest BCUT2D eigenvalue weighted by Gasteiger charge is -2.37. The summed E-state index contributed by atoms with van der Waals surface area (Å²) in [6.45, 7) is 5.14. The number of hydrogen-bond donors (Lipinski definition) is 0. The highest BCUT2D eigenvalue weighted by atomic mass is 79.9. The zero-order valence-corrected chi connectivity index (χ0v) is 10.5. The molecule has 2 heterocycles. The maximum absolute atomic E-state index is 3.85. The predicted octanol–water partition coefficient (Wildman–Crippen LogP) is 2.34. The van der Waals surface area contributed by atoms with E-state index in [0.717, 1.165) is 0 Å². The Morgan fingerprint density at radius 3 is 1.36 bits per heavy atom. The van der Waals surface area contributed by atoms with Crippen LogP contribution in [0.4, 0.5) is 0 Å². The van der Waals surface area contributed by atoms with Crippen LogP contribution in [0.5, 0.6) is 0 Å². The van der Waals surface area contributed by atoms with E-state index in [1.807, 2.05) is 0 Å². The summed E-state index contributed by atoms with van der Waals surface area (Å²) >= 11 is 3.85. The quantitative estimate of drug-likeness (QED) is 0.702. The average molecular weight is 259 g/mol. The second kappa shape index (κ2) is 5.52. The van der Waals surface area contributed by atoms with Crippen LogP contribution < -0.4 is 0 Å². The third-order valence-electron chi connectivity index (χ3n) is 3.38. The first-order valence-electron chi connectivity index (χ1n) is 6.00. The molecule has 0 bridgehead atoms. The molecule has 2 aliphatic rings. The minimum Gasteiger partial charge on any atom is -0.318 e. The molecule has 2 rings (SSSR count). The van der Waals surface area contributed by atoms with Crippen LogP contribution in [0, 0.1) is 0 Å². The Bertz CT molecular complexity index is 150. The highest BCUT2D eigenvalue weighted by molar-refractivity contribution is 9.24. The van der Waals surface area contributed by atoms with E-state index >= 15 is 0 Å². The molecule has 2 fully saturated rings. The summed E-state index contributed by atoms with van der Waals surface area (Å²) in [6.07, 6.45) is 8.39. The zero-order valence-electron chi connectivity index (χ0n) is 8.92. The van der Waals surface area contributed by atoms with Crippen molar-refractivity contribution >= 4 is 21.6 Å². The van der Waals surface area contributed by atoms with E-state index in [4.69, 9.17) is 0 Å². The van der Waals surface area contributed by atoms with E-state index in [0.29, 0.717) is 5.81 Å². The van der Waals surface area contributed by atoms with Gasteiger partial charge in [0.2, 0.25) is 0 Å². The normalized spacial score (nSPS) is 26.4. The van der Waals surface area contributed by atoms with Gasteiger partial charge in [0.25, 0.3) is 0 Å². The minimum absolute atomic E-state index is 0.517. The Kier molecular flexibility index (Phi) is 4.32. The number of rotatable bonds is 2. The second-order valence-corrected chi connectivity index (χ2v) is 5.32. The molecule has 2 aliphatic heterocycles. The van der Waals surface area contributed by atoms with E-state index in [-0.39, 0.29) is 0 Å². The SMILES string of the molecule is BrB(N1CCCCC1)N1CCCCC1. The molecule has 0 aromatic carbocycles. The first-order valence-corrected chi connectivity index (χ1v) is 6.92. The molecule has 4 heteroatoms. The average Bonchev–Trinajstić information content (AvgIpc) is 2.30. The standard InChI is InChI=1S/C10H20BBrN2/c12-11(13-7-3-1-4-8-13)14-9-5-2-6-10-14/h1-10H2. The molecule has 2 saturated heterocycles. The van der Waals surface area contributed by atoms with Gasteiger partial charge in [0.15, 0.2) is 0 Å². The highest BCUT2D eigenvalue weighted by Gasteiger charge is 2.29. The summed E-state index contributed by atoms with van der Waals surface area (Å²) < 4.78 is 0. The Morgan fingerprint density at radius 2 is 1.00 bits per heavy atom. The fraction of sp³-hybridized carbons (Fsp3) is 1.00. The Morgan fingerprint density at radius 1 is 0.643 bits per heavy atom. The van der Waals surface area contributed by atoms with Gasteiger partial charge in [-0.3, -0.25) is 0 Å². The number of nitrogens with zero attached hydrogens (tertiary/aromatic N) is 2. The van der Waals surface area contributed by atoms with Crippen LogP contribution in [0.15, 0.2) is 0 Å². The van der Waals surface area contributed by atoms with E-state index in [1.54, 1.807) is 0 Å². The van der Waals surface area contributed by atoms with Gasteiger partial charge < -0.3 is 9.62 Å². The Hall–Kier alpha value is 0.465. The molecular formula is C10H20BBrN2. The first-order chi connectivity index (χ1) is 6.88. The van der Waals surface area contributed by atoms with Crippen molar-refractivity contribution in [1.29, 1.82) is 0 Å². The lowest BCUT2D eigenvalue weighted by Crippen LogP contribution is -2.52. The summed E-state index contributed by atoms with van der Waals surface area (Å²) in [6, 6.07) is 0. The van der Waals surface area contributed by atoms with Crippen LogP contribution in [0.1, 0.15) is 38.5 Å². The van der Waals surface area contributed by atoms with Crippen LogP contribution >= 0.6 is 15.8 Å². The minimum atomic E-state index is 0.517. The first kappa shape index (κ1) is 11.0. The highest BCUT2D eigenvalue weighted by Crippen LogP contribution is 2.19. The third kappa shape index (κ3) is 2.74. The molecule has 0 aromatic heterocycles. The van der Waals surface area contributed by atoms with Crippen molar-refractivity contribution in [3.63, 3.8) is 0 Å². The summed E-state index contributed by atoms with van der Waals surface area (Å²) in [4.78, 5) is 5.18. The summed E-state index contributed by atoms with van der Waals surface area (Å²) in [5, 5.41) is 0. The molecule has 0 saturated carbocycles. The maximum atomic E-state index is 3.85. The second-order valence-electron chi connectivity index (χ2n) is 4.50. The van der Waals surface area contributed by atoms with E-state index in [2.05, 4.69) is 25.4 Å².